The molecule has 0 spiro atoms. The van der Waals surface area contributed by atoms with Gasteiger partial charge in [-0.25, -0.2) is 4.98 Å². The molecule has 1 saturated heterocycles. The quantitative estimate of drug-likeness (QED) is 0.643. The predicted molar refractivity (Wildman–Crippen MR) is 106 cm³/mol. The monoisotopic (exact) mass is 370 g/mol. The number of pyridine rings is 1. The fourth-order valence-electron chi connectivity index (χ4n) is 3.65. The number of piperidine rings is 1. The first-order valence-corrected chi connectivity index (χ1v) is 9.44. The highest BCUT2D eigenvalue weighted by atomic mass is 16.6. The van der Waals surface area contributed by atoms with Crippen LogP contribution in [-0.4, -0.2) is 35.4 Å². The minimum atomic E-state index is -0.376. The number of para-hydroxylation sites is 1. The summed E-state index contributed by atoms with van der Waals surface area (Å²) < 4.78 is 0. The van der Waals surface area contributed by atoms with Gasteiger partial charge in [0.1, 0.15) is 0 Å². The number of nitro benzene ring substituents is 1. The second-order valence-electron chi connectivity index (χ2n) is 7.57. The number of carbonyl (C=O) groups is 1. The molecule has 7 nitrogen and oxygen atoms in total. The fraction of sp³-hybridized carbons (Fsp3) is 0.500. The molecule has 1 aliphatic heterocycles. The topological polar surface area (TPSA) is 88.4 Å². The van der Waals surface area contributed by atoms with Crippen LogP contribution in [0.3, 0.4) is 0 Å². The van der Waals surface area contributed by atoms with Gasteiger partial charge in [0.25, 0.3) is 5.69 Å². The summed E-state index contributed by atoms with van der Waals surface area (Å²) in [6, 6.07) is 7.11. The Morgan fingerprint density at radius 3 is 2.93 bits per heavy atom. The molecule has 1 fully saturated rings. The maximum Gasteiger partial charge on any atom is 0.295 e. The van der Waals surface area contributed by atoms with Crippen LogP contribution < -0.4 is 10.2 Å². The van der Waals surface area contributed by atoms with E-state index in [-0.39, 0.29) is 22.4 Å². The van der Waals surface area contributed by atoms with Gasteiger partial charge < -0.3 is 10.2 Å². The Hall–Kier alpha value is -2.70. The molecule has 144 valence electrons. The number of aromatic nitrogens is 1. The third-order valence-corrected chi connectivity index (χ3v) is 5.07. The lowest BCUT2D eigenvalue weighted by atomic mass is 9.96. The second-order valence-corrected chi connectivity index (χ2v) is 7.57. The number of nitrogens with zero attached hydrogens (tertiary/aromatic N) is 3. The summed E-state index contributed by atoms with van der Waals surface area (Å²) in [6.07, 6.45) is 2.09. The lowest BCUT2D eigenvalue weighted by Crippen LogP contribution is -2.41. The smallest absolute Gasteiger partial charge is 0.295 e. The minimum absolute atomic E-state index is 0.0166. The zero-order chi connectivity index (χ0) is 19.6. The number of hydrogen-bond acceptors (Lipinski definition) is 5. The first-order valence-electron chi connectivity index (χ1n) is 9.44. The van der Waals surface area contributed by atoms with Crippen LogP contribution in [0.5, 0.6) is 0 Å². The standard InChI is InChI=1S/C20H26N4O3/c1-13(2)20(25)21-11-15-6-5-9-23(12-15)18-10-14(3)22-19-16(18)7-4-8-17(19)24(26)27/h4,7-8,10,13,15H,5-6,9,11-12H2,1-3H3,(H,21,25). The number of non-ortho nitro benzene ring substituents is 1. The van der Waals surface area contributed by atoms with Gasteiger partial charge in [0.2, 0.25) is 5.91 Å². The molecule has 7 heteroatoms. The molecule has 1 aliphatic rings. The van der Waals surface area contributed by atoms with E-state index in [0.29, 0.717) is 18.0 Å². The van der Waals surface area contributed by atoms with E-state index < -0.39 is 0 Å². The summed E-state index contributed by atoms with van der Waals surface area (Å²) in [7, 11) is 0. The van der Waals surface area contributed by atoms with Gasteiger partial charge in [-0.15, -0.1) is 0 Å². The molecular formula is C20H26N4O3. The second kappa shape index (κ2) is 7.90. The zero-order valence-corrected chi connectivity index (χ0v) is 16.1. The lowest BCUT2D eigenvalue weighted by Gasteiger charge is -2.35. The van der Waals surface area contributed by atoms with E-state index in [2.05, 4.69) is 15.2 Å². The van der Waals surface area contributed by atoms with Crippen LogP contribution in [-0.2, 0) is 4.79 Å². The summed E-state index contributed by atoms with van der Waals surface area (Å²) in [5.74, 6) is 0.425. The Morgan fingerprint density at radius 2 is 2.22 bits per heavy atom. The van der Waals surface area contributed by atoms with Crippen molar-refractivity contribution in [2.75, 3.05) is 24.5 Å². The molecule has 1 aromatic carbocycles. The molecule has 0 radical (unpaired) electrons. The predicted octanol–water partition coefficient (Wildman–Crippen LogP) is 3.44. The Bertz CT molecular complexity index is 866. The Labute approximate surface area is 158 Å². The third kappa shape index (κ3) is 4.18. The molecule has 0 aliphatic carbocycles. The van der Waals surface area contributed by atoms with E-state index in [0.717, 1.165) is 42.7 Å². The number of nitrogens with one attached hydrogen (secondary N) is 1. The van der Waals surface area contributed by atoms with Crippen molar-refractivity contribution in [3.05, 3.63) is 40.1 Å². The number of rotatable bonds is 5. The van der Waals surface area contributed by atoms with Crippen molar-refractivity contribution in [3.8, 4) is 0 Å². The van der Waals surface area contributed by atoms with Crippen molar-refractivity contribution in [1.29, 1.82) is 0 Å². The molecule has 1 atom stereocenters. The van der Waals surface area contributed by atoms with Crippen LogP contribution in [0.2, 0.25) is 0 Å². The van der Waals surface area contributed by atoms with E-state index in [4.69, 9.17) is 0 Å². The van der Waals surface area contributed by atoms with Gasteiger partial charge in [-0.3, -0.25) is 14.9 Å². The van der Waals surface area contributed by atoms with E-state index in [1.807, 2.05) is 32.9 Å². The number of benzene rings is 1. The van der Waals surface area contributed by atoms with E-state index in [9.17, 15) is 14.9 Å². The van der Waals surface area contributed by atoms with Crippen LogP contribution >= 0.6 is 0 Å². The van der Waals surface area contributed by atoms with Gasteiger partial charge in [-0.1, -0.05) is 26.0 Å². The number of hydrogen-bond donors (Lipinski definition) is 1. The van der Waals surface area contributed by atoms with Crippen LogP contribution in [0.1, 0.15) is 32.4 Å². The van der Waals surface area contributed by atoms with Gasteiger partial charge in [-0.05, 0) is 31.7 Å². The maximum absolute atomic E-state index is 11.9. The van der Waals surface area contributed by atoms with Gasteiger partial charge in [0.05, 0.1) is 4.92 Å². The van der Waals surface area contributed by atoms with Crippen molar-refractivity contribution in [2.45, 2.75) is 33.6 Å². The molecule has 1 N–H and O–H groups in total. The minimum Gasteiger partial charge on any atom is -0.371 e. The van der Waals surface area contributed by atoms with Crippen LogP contribution in [0.25, 0.3) is 10.9 Å². The van der Waals surface area contributed by atoms with Crippen LogP contribution in [0.15, 0.2) is 24.3 Å². The molecular weight excluding hydrogens is 344 g/mol. The Morgan fingerprint density at radius 1 is 1.44 bits per heavy atom. The van der Waals surface area contributed by atoms with Crippen LogP contribution in [0.4, 0.5) is 11.4 Å². The number of amides is 1. The highest BCUT2D eigenvalue weighted by Gasteiger charge is 2.24. The van der Waals surface area contributed by atoms with Crippen molar-refractivity contribution in [3.63, 3.8) is 0 Å². The van der Waals surface area contributed by atoms with Crippen LogP contribution in [0, 0.1) is 28.9 Å². The largest absolute Gasteiger partial charge is 0.371 e. The van der Waals surface area contributed by atoms with Gasteiger partial charge in [0, 0.05) is 48.4 Å². The average Bonchev–Trinajstić information content (AvgIpc) is 2.64. The summed E-state index contributed by atoms with van der Waals surface area (Å²) in [5, 5.41) is 15.2. The lowest BCUT2D eigenvalue weighted by molar-refractivity contribution is -0.383. The van der Waals surface area contributed by atoms with Gasteiger partial charge >= 0.3 is 0 Å². The normalized spacial score (nSPS) is 17.3. The van der Waals surface area contributed by atoms with Crippen molar-refractivity contribution in [1.82, 2.24) is 10.3 Å². The molecule has 27 heavy (non-hydrogen) atoms. The van der Waals surface area contributed by atoms with Gasteiger partial charge in [-0.2, -0.15) is 0 Å². The maximum atomic E-state index is 11.9. The highest BCUT2D eigenvalue weighted by molar-refractivity contribution is 5.97. The summed E-state index contributed by atoms with van der Waals surface area (Å²) in [4.78, 5) is 29.6. The van der Waals surface area contributed by atoms with E-state index >= 15 is 0 Å². The molecule has 1 amide bonds. The van der Waals surface area contributed by atoms with Gasteiger partial charge in [0.15, 0.2) is 5.52 Å². The number of carbonyl (C=O) groups excluding carboxylic acids is 1. The molecule has 3 rings (SSSR count). The summed E-state index contributed by atoms with van der Waals surface area (Å²) >= 11 is 0. The third-order valence-electron chi connectivity index (χ3n) is 5.07. The molecule has 2 aromatic rings. The van der Waals surface area contributed by atoms with Crippen molar-refractivity contribution >= 4 is 28.2 Å². The number of fused-ring (bicyclic) bond motifs is 1. The SMILES string of the molecule is Cc1cc(N2CCCC(CNC(=O)C(C)C)C2)c2cccc([N+](=O)[O-])c2n1. The molecule has 1 unspecified atom stereocenters. The van der Waals surface area contributed by atoms with Crippen molar-refractivity contribution < 1.29 is 9.72 Å². The Balaban J connectivity index is 1.87. The van der Waals surface area contributed by atoms with E-state index in [1.165, 1.54) is 6.07 Å². The van der Waals surface area contributed by atoms with E-state index in [1.54, 1.807) is 6.07 Å². The molecule has 2 heterocycles. The average molecular weight is 370 g/mol. The van der Waals surface area contributed by atoms with Crippen molar-refractivity contribution in [2.24, 2.45) is 11.8 Å². The molecule has 0 bridgehead atoms. The summed E-state index contributed by atoms with van der Waals surface area (Å²) in [5.41, 5.74) is 2.23. The number of anilines is 1. The Kier molecular flexibility index (Phi) is 5.58. The first kappa shape index (κ1) is 19.1. The molecule has 1 aromatic heterocycles. The molecule has 0 saturated carbocycles. The zero-order valence-electron chi connectivity index (χ0n) is 16.1. The highest BCUT2D eigenvalue weighted by Crippen LogP contribution is 2.34. The fourth-order valence-corrected chi connectivity index (χ4v) is 3.65. The summed E-state index contributed by atoms with van der Waals surface area (Å²) in [6.45, 7) is 8.03. The number of nitro groups is 1. The first-order chi connectivity index (χ1) is 12.9. The number of aryl methyl sites for hydroxylation is 1.